The van der Waals surface area contributed by atoms with Crippen LogP contribution >= 0.6 is 0 Å². The van der Waals surface area contributed by atoms with Gasteiger partial charge in [0, 0.05) is 0 Å². The van der Waals surface area contributed by atoms with Crippen molar-refractivity contribution in [2.45, 2.75) is 26.2 Å². The topological polar surface area (TPSA) is 55.4 Å². The number of nitrogens with one attached hydrogen (secondary N) is 1. The highest BCUT2D eigenvalue weighted by Crippen LogP contribution is 2.28. The van der Waals surface area contributed by atoms with Gasteiger partial charge in [-0.05, 0) is 11.5 Å². The number of esters is 1. The Morgan fingerprint density at radius 2 is 2.00 bits per heavy atom. The SMILES string of the molecule is C#CCNC(=O)COC(=O)[C@@H](c1ccccc1)[C@H](C)CC. The van der Waals surface area contributed by atoms with Crippen molar-refractivity contribution < 1.29 is 14.3 Å². The van der Waals surface area contributed by atoms with Crippen LogP contribution < -0.4 is 5.32 Å². The van der Waals surface area contributed by atoms with Crippen LogP contribution in [0.3, 0.4) is 0 Å². The van der Waals surface area contributed by atoms with Crippen molar-refractivity contribution in [3.63, 3.8) is 0 Å². The molecule has 2 atom stereocenters. The Labute approximate surface area is 125 Å². The zero-order valence-corrected chi connectivity index (χ0v) is 12.5. The average molecular weight is 287 g/mol. The van der Waals surface area contributed by atoms with Crippen molar-refractivity contribution in [1.82, 2.24) is 5.32 Å². The minimum atomic E-state index is -0.391. The van der Waals surface area contributed by atoms with Crippen LogP contribution in [0.15, 0.2) is 30.3 Å². The van der Waals surface area contributed by atoms with Crippen molar-refractivity contribution in [2.24, 2.45) is 5.92 Å². The standard InChI is InChI=1S/C17H21NO3/c1-4-11-18-15(19)12-21-17(20)16(13(3)5-2)14-9-7-6-8-10-14/h1,6-10,13,16H,5,11-12H2,2-3H3,(H,18,19)/t13-,16-/m1/s1. The molecule has 4 heteroatoms. The van der Waals surface area contributed by atoms with Gasteiger partial charge >= 0.3 is 5.97 Å². The first-order valence-electron chi connectivity index (χ1n) is 7.01. The molecule has 0 aliphatic rings. The van der Waals surface area contributed by atoms with Gasteiger partial charge < -0.3 is 10.1 Å². The third-order valence-corrected chi connectivity index (χ3v) is 3.36. The van der Waals surface area contributed by atoms with Gasteiger partial charge in [-0.15, -0.1) is 6.42 Å². The molecule has 4 nitrogen and oxygen atoms in total. The quantitative estimate of drug-likeness (QED) is 0.617. The lowest BCUT2D eigenvalue weighted by Crippen LogP contribution is -2.31. The molecule has 0 aliphatic heterocycles. The van der Waals surface area contributed by atoms with Crippen LogP contribution in [0.25, 0.3) is 0 Å². The molecule has 0 spiro atoms. The summed E-state index contributed by atoms with van der Waals surface area (Å²) in [4.78, 5) is 23.7. The van der Waals surface area contributed by atoms with Crippen molar-refractivity contribution in [2.75, 3.05) is 13.2 Å². The molecular formula is C17H21NO3. The largest absolute Gasteiger partial charge is 0.455 e. The van der Waals surface area contributed by atoms with Crippen LogP contribution in [-0.2, 0) is 14.3 Å². The molecule has 0 heterocycles. The Morgan fingerprint density at radius 1 is 1.33 bits per heavy atom. The maximum Gasteiger partial charge on any atom is 0.314 e. The lowest BCUT2D eigenvalue weighted by atomic mass is 9.86. The van der Waals surface area contributed by atoms with Crippen LogP contribution in [0.2, 0.25) is 0 Å². The van der Waals surface area contributed by atoms with E-state index in [0.29, 0.717) is 0 Å². The summed E-state index contributed by atoms with van der Waals surface area (Å²) in [6.07, 6.45) is 5.89. The lowest BCUT2D eigenvalue weighted by molar-refractivity contribution is -0.151. The van der Waals surface area contributed by atoms with E-state index in [0.717, 1.165) is 12.0 Å². The fourth-order valence-corrected chi connectivity index (χ4v) is 2.02. The second-order valence-corrected chi connectivity index (χ2v) is 4.86. The molecule has 0 fully saturated rings. The van der Waals surface area contributed by atoms with Gasteiger partial charge in [0.1, 0.15) is 0 Å². The summed E-state index contributed by atoms with van der Waals surface area (Å²) in [5, 5.41) is 2.46. The lowest BCUT2D eigenvalue weighted by Gasteiger charge is -2.21. The number of hydrogen-bond donors (Lipinski definition) is 1. The van der Waals surface area contributed by atoms with Crippen molar-refractivity contribution >= 4 is 11.9 Å². The predicted octanol–water partition coefficient (Wildman–Crippen LogP) is 2.11. The van der Waals surface area contributed by atoms with E-state index in [-0.39, 0.29) is 31.0 Å². The summed E-state index contributed by atoms with van der Waals surface area (Å²) in [5.41, 5.74) is 0.904. The molecule has 0 saturated heterocycles. The second kappa shape index (κ2) is 8.80. The first kappa shape index (κ1) is 16.8. The normalized spacial score (nSPS) is 12.8. The molecule has 0 radical (unpaired) electrons. The van der Waals surface area contributed by atoms with E-state index in [1.807, 2.05) is 44.2 Å². The van der Waals surface area contributed by atoms with E-state index in [4.69, 9.17) is 11.2 Å². The molecule has 21 heavy (non-hydrogen) atoms. The van der Waals surface area contributed by atoms with Gasteiger partial charge in [-0.25, -0.2) is 0 Å². The number of ether oxygens (including phenoxy) is 1. The van der Waals surface area contributed by atoms with Gasteiger partial charge in [-0.2, -0.15) is 0 Å². The van der Waals surface area contributed by atoms with Crippen LogP contribution in [-0.4, -0.2) is 25.0 Å². The summed E-state index contributed by atoms with van der Waals surface area (Å²) in [7, 11) is 0. The van der Waals surface area contributed by atoms with Gasteiger partial charge in [0.2, 0.25) is 0 Å². The van der Waals surface area contributed by atoms with Gasteiger partial charge in [-0.3, -0.25) is 9.59 Å². The Bertz CT molecular complexity index is 505. The van der Waals surface area contributed by atoms with E-state index in [2.05, 4.69) is 11.2 Å². The minimum Gasteiger partial charge on any atom is -0.455 e. The molecule has 0 unspecified atom stereocenters. The fourth-order valence-electron chi connectivity index (χ4n) is 2.02. The molecule has 1 N–H and O–H groups in total. The highest BCUT2D eigenvalue weighted by molar-refractivity contribution is 5.83. The Balaban J connectivity index is 2.70. The van der Waals surface area contributed by atoms with Crippen LogP contribution in [0.1, 0.15) is 31.7 Å². The highest BCUT2D eigenvalue weighted by Gasteiger charge is 2.27. The number of hydrogen-bond acceptors (Lipinski definition) is 3. The maximum atomic E-state index is 12.3. The van der Waals surface area contributed by atoms with E-state index in [1.54, 1.807) is 0 Å². The number of benzene rings is 1. The molecule has 0 aromatic heterocycles. The minimum absolute atomic E-state index is 0.129. The summed E-state index contributed by atoms with van der Waals surface area (Å²) >= 11 is 0. The molecule has 112 valence electrons. The summed E-state index contributed by atoms with van der Waals surface area (Å²) in [6.45, 7) is 3.84. The first-order chi connectivity index (χ1) is 10.1. The molecule has 1 amide bonds. The number of carbonyl (C=O) groups is 2. The molecule has 0 saturated carbocycles. The Kier molecular flexibility index (Phi) is 7.03. The van der Waals surface area contributed by atoms with E-state index >= 15 is 0 Å². The van der Waals surface area contributed by atoms with Crippen molar-refractivity contribution in [3.05, 3.63) is 35.9 Å². The van der Waals surface area contributed by atoms with Crippen LogP contribution in [0.4, 0.5) is 0 Å². The molecule has 1 aromatic rings. The number of carbonyl (C=O) groups excluding carboxylic acids is 2. The van der Waals surface area contributed by atoms with Gasteiger partial charge in [-0.1, -0.05) is 56.5 Å². The zero-order valence-electron chi connectivity index (χ0n) is 12.5. The first-order valence-corrected chi connectivity index (χ1v) is 7.01. The zero-order chi connectivity index (χ0) is 15.7. The fraction of sp³-hybridized carbons (Fsp3) is 0.412. The predicted molar refractivity (Wildman–Crippen MR) is 81.4 cm³/mol. The summed E-state index contributed by atoms with van der Waals surface area (Å²) < 4.78 is 5.12. The molecule has 0 bridgehead atoms. The number of rotatable bonds is 7. The van der Waals surface area contributed by atoms with Gasteiger partial charge in [0.15, 0.2) is 6.61 Å². The number of terminal acetylenes is 1. The third kappa shape index (κ3) is 5.31. The van der Waals surface area contributed by atoms with E-state index < -0.39 is 5.91 Å². The van der Waals surface area contributed by atoms with E-state index in [9.17, 15) is 9.59 Å². The van der Waals surface area contributed by atoms with Crippen molar-refractivity contribution in [3.8, 4) is 12.3 Å². The van der Waals surface area contributed by atoms with Gasteiger partial charge in [0.05, 0.1) is 12.5 Å². The van der Waals surface area contributed by atoms with Gasteiger partial charge in [0.25, 0.3) is 5.91 Å². The molecule has 1 rings (SSSR count). The van der Waals surface area contributed by atoms with Crippen LogP contribution in [0, 0.1) is 18.3 Å². The second-order valence-electron chi connectivity index (χ2n) is 4.86. The summed E-state index contributed by atoms with van der Waals surface area (Å²) in [6, 6.07) is 9.47. The van der Waals surface area contributed by atoms with Crippen molar-refractivity contribution in [1.29, 1.82) is 0 Å². The highest BCUT2D eigenvalue weighted by atomic mass is 16.5. The molecular weight excluding hydrogens is 266 g/mol. The van der Waals surface area contributed by atoms with E-state index in [1.165, 1.54) is 0 Å². The Hall–Kier alpha value is -2.28. The number of amides is 1. The average Bonchev–Trinajstić information content (AvgIpc) is 2.51. The Morgan fingerprint density at radius 3 is 2.57 bits per heavy atom. The third-order valence-electron chi connectivity index (χ3n) is 3.36. The summed E-state index contributed by atoms with van der Waals surface area (Å²) in [5.74, 6) is 1.28. The maximum absolute atomic E-state index is 12.3. The molecule has 0 aliphatic carbocycles. The molecule has 1 aromatic carbocycles. The monoisotopic (exact) mass is 287 g/mol. The van der Waals surface area contributed by atoms with Crippen LogP contribution in [0.5, 0.6) is 0 Å². The smallest absolute Gasteiger partial charge is 0.314 e.